The molecule has 20 heavy (non-hydrogen) atoms. The molecule has 0 spiro atoms. The highest BCUT2D eigenvalue weighted by Gasteiger charge is 2.26. The molecule has 1 aliphatic rings. The third kappa shape index (κ3) is 6.55. The summed E-state index contributed by atoms with van der Waals surface area (Å²) in [5.74, 6) is 0.824. The van der Waals surface area contributed by atoms with Gasteiger partial charge in [0.25, 0.3) is 0 Å². The van der Waals surface area contributed by atoms with Crippen LogP contribution < -0.4 is 5.32 Å². The van der Waals surface area contributed by atoms with Gasteiger partial charge in [0.1, 0.15) is 0 Å². The molecule has 0 bridgehead atoms. The topological polar surface area (TPSA) is 18.5 Å². The first-order chi connectivity index (χ1) is 9.34. The van der Waals surface area contributed by atoms with Crippen molar-refractivity contribution in [2.24, 2.45) is 11.3 Å². The number of nitrogens with zero attached hydrogens (tertiary/aromatic N) is 2. The SMILES string of the molecule is CCCN1CCCC(C(C)NCC(C)(C)CN(C)C)C1. The van der Waals surface area contributed by atoms with Gasteiger partial charge in [0.05, 0.1) is 0 Å². The van der Waals surface area contributed by atoms with E-state index in [0.29, 0.717) is 11.5 Å². The Bertz CT molecular complexity index is 261. The smallest absolute Gasteiger partial charge is 0.00794 e. The molecule has 1 rings (SSSR count). The molecule has 0 aromatic heterocycles. The van der Waals surface area contributed by atoms with Crippen LogP contribution in [0, 0.1) is 11.3 Å². The Hall–Kier alpha value is -0.120. The molecule has 0 radical (unpaired) electrons. The van der Waals surface area contributed by atoms with Crippen molar-refractivity contribution in [3.8, 4) is 0 Å². The van der Waals surface area contributed by atoms with Crippen LogP contribution in [-0.2, 0) is 0 Å². The van der Waals surface area contributed by atoms with Gasteiger partial charge in [-0.15, -0.1) is 0 Å². The van der Waals surface area contributed by atoms with Gasteiger partial charge in [-0.05, 0) is 64.7 Å². The van der Waals surface area contributed by atoms with Crippen LogP contribution in [0.3, 0.4) is 0 Å². The van der Waals surface area contributed by atoms with Crippen LogP contribution in [0.2, 0.25) is 0 Å². The molecule has 1 heterocycles. The van der Waals surface area contributed by atoms with E-state index < -0.39 is 0 Å². The van der Waals surface area contributed by atoms with Crippen molar-refractivity contribution < 1.29 is 0 Å². The highest BCUT2D eigenvalue weighted by atomic mass is 15.1. The summed E-state index contributed by atoms with van der Waals surface area (Å²) in [5, 5.41) is 3.81. The van der Waals surface area contributed by atoms with Crippen molar-refractivity contribution in [2.45, 2.75) is 53.0 Å². The first-order valence-electron chi connectivity index (χ1n) is 8.44. The van der Waals surface area contributed by atoms with E-state index in [-0.39, 0.29) is 0 Å². The van der Waals surface area contributed by atoms with E-state index in [0.717, 1.165) is 19.0 Å². The molecule has 3 nitrogen and oxygen atoms in total. The van der Waals surface area contributed by atoms with Gasteiger partial charge in [0.15, 0.2) is 0 Å². The molecule has 2 atom stereocenters. The highest BCUT2D eigenvalue weighted by molar-refractivity contribution is 4.83. The Morgan fingerprint density at radius 2 is 2.05 bits per heavy atom. The average Bonchev–Trinajstić information content (AvgIpc) is 2.35. The summed E-state index contributed by atoms with van der Waals surface area (Å²) in [6.07, 6.45) is 4.05. The van der Waals surface area contributed by atoms with Crippen LogP contribution in [0.1, 0.15) is 47.0 Å². The first kappa shape index (κ1) is 17.9. The summed E-state index contributed by atoms with van der Waals surface area (Å²) < 4.78 is 0. The lowest BCUT2D eigenvalue weighted by Gasteiger charge is -2.37. The van der Waals surface area contributed by atoms with Crippen molar-refractivity contribution in [1.82, 2.24) is 15.1 Å². The van der Waals surface area contributed by atoms with Crippen LogP contribution in [0.25, 0.3) is 0 Å². The summed E-state index contributed by atoms with van der Waals surface area (Å²) in [6.45, 7) is 15.5. The molecule has 1 saturated heterocycles. The molecular formula is C17H37N3. The maximum Gasteiger partial charge on any atom is 0.00794 e. The van der Waals surface area contributed by atoms with Gasteiger partial charge in [-0.3, -0.25) is 0 Å². The Balaban J connectivity index is 2.36. The van der Waals surface area contributed by atoms with E-state index >= 15 is 0 Å². The Labute approximate surface area is 127 Å². The van der Waals surface area contributed by atoms with Gasteiger partial charge in [0, 0.05) is 25.7 Å². The molecule has 0 amide bonds. The zero-order chi connectivity index (χ0) is 15.2. The van der Waals surface area contributed by atoms with Crippen molar-refractivity contribution in [3.63, 3.8) is 0 Å². The molecule has 2 unspecified atom stereocenters. The van der Waals surface area contributed by atoms with Gasteiger partial charge in [-0.1, -0.05) is 20.8 Å². The number of hydrogen-bond donors (Lipinski definition) is 1. The molecule has 0 aliphatic carbocycles. The summed E-state index contributed by atoms with van der Waals surface area (Å²) in [5.41, 5.74) is 0.343. The second-order valence-corrected chi connectivity index (χ2v) is 7.77. The predicted molar refractivity (Wildman–Crippen MR) is 89.3 cm³/mol. The molecule has 1 aliphatic heterocycles. The lowest BCUT2D eigenvalue weighted by atomic mass is 9.89. The van der Waals surface area contributed by atoms with Gasteiger partial charge >= 0.3 is 0 Å². The summed E-state index contributed by atoms with van der Waals surface area (Å²) in [6, 6.07) is 0.635. The molecule has 0 aromatic carbocycles. The summed E-state index contributed by atoms with van der Waals surface area (Å²) in [4.78, 5) is 4.94. The minimum absolute atomic E-state index is 0.343. The van der Waals surface area contributed by atoms with Crippen molar-refractivity contribution >= 4 is 0 Å². The third-order valence-corrected chi connectivity index (χ3v) is 4.44. The predicted octanol–water partition coefficient (Wildman–Crippen LogP) is 2.67. The van der Waals surface area contributed by atoms with Crippen molar-refractivity contribution in [3.05, 3.63) is 0 Å². The summed E-state index contributed by atoms with van der Waals surface area (Å²) >= 11 is 0. The maximum atomic E-state index is 3.81. The van der Waals surface area contributed by atoms with Gasteiger partial charge in [-0.2, -0.15) is 0 Å². The Kier molecular flexibility index (Phi) is 7.49. The van der Waals surface area contributed by atoms with Gasteiger partial charge in [0.2, 0.25) is 0 Å². The third-order valence-electron chi connectivity index (χ3n) is 4.44. The van der Waals surface area contributed by atoms with E-state index in [9.17, 15) is 0 Å². The van der Waals surface area contributed by atoms with Crippen LogP contribution in [0.15, 0.2) is 0 Å². The minimum atomic E-state index is 0.343. The molecule has 1 N–H and O–H groups in total. The van der Waals surface area contributed by atoms with E-state index in [2.05, 4.69) is 56.9 Å². The molecular weight excluding hydrogens is 246 g/mol. The normalized spacial score (nSPS) is 23.2. The fourth-order valence-corrected chi connectivity index (χ4v) is 3.53. The van der Waals surface area contributed by atoms with Gasteiger partial charge < -0.3 is 15.1 Å². The zero-order valence-corrected chi connectivity index (χ0v) is 14.7. The monoisotopic (exact) mass is 283 g/mol. The summed E-state index contributed by atoms with van der Waals surface area (Å²) in [7, 11) is 4.32. The average molecular weight is 284 g/mol. The quantitative estimate of drug-likeness (QED) is 0.739. The van der Waals surface area contributed by atoms with Crippen molar-refractivity contribution in [1.29, 1.82) is 0 Å². The van der Waals surface area contributed by atoms with Crippen LogP contribution in [-0.4, -0.2) is 62.7 Å². The second-order valence-electron chi connectivity index (χ2n) is 7.77. The number of rotatable bonds is 8. The Morgan fingerprint density at radius 3 is 2.65 bits per heavy atom. The van der Waals surface area contributed by atoms with Crippen molar-refractivity contribution in [2.75, 3.05) is 46.8 Å². The van der Waals surface area contributed by atoms with E-state index in [4.69, 9.17) is 0 Å². The fourth-order valence-electron chi connectivity index (χ4n) is 3.53. The highest BCUT2D eigenvalue weighted by Crippen LogP contribution is 2.21. The number of hydrogen-bond acceptors (Lipinski definition) is 3. The van der Waals surface area contributed by atoms with Gasteiger partial charge in [-0.25, -0.2) is 0 Å². The minimum Gasteiger partial charge on any atom is -0.313 e. The second kappa shape index (κ2) is 8.35. The molecule has 0 saturated carbocycles. The zero-order valence-electron chi connectivity index (χ0n) is 14.7. The molecule has 0 aromatic rings. The standard InChI is InChI=1S/C17H37N3/c1-7-10-20-11-8-9-16(12-20)15(2)18-13-17(3,4)14-19(5)6/h15-16,18H,7-14H2,1-6H3. The van der Waals surface area contributed by atoms with Crippen LogP contribution in [0.4, 0.5) is 0 Å². The van der Waals surface area contributed by atoms with E-state index in [1.807, 2.05) is 0 Å². The van der Waals surface area contributed by atoms with E-state index in [1.165, 1.54) is 38.9 Å². The van der Waals surface area contributed by atoms with Crippen LogP contribution in [0.5, 0.6) is 0 Å². The lowest BCUT2D eigenvalue weighted by molar-refractivity contribution is 0.142. The largest absolute Gasteiger partial charge is 0.313 e. The number of piperidine rings is 1. The Morgan fingerprint density at radius 1 is 1.35 bits per heavy atom. The first-order valence-corrected chi connectivity index (χ1v) is 8.44. The number of likely N-dealkylation sites (tertiary alicyclic amines) is 1. The maximum absolute atomic E-state index is 3.81. The molecule has 1 fully saturated rings. The molecule has 3 heteroatoms. The van der Waals surface area contributed by atoms with Crippen LogP contribution >= 0.6 is 0 Å². The lowest BCUT2D eigenvalue weighted by Crippen LogP contribution is -2.48. The fraction of sp³-hybridized carbons (Fsp3) is 1.00. The molecule has 120 valence electrons. The van der Waals surface area contributed by atoms with E-state index in [1.54, 1.807) is 0 Å². The number of nitrogens with one attached hydrogen (secondary N) is 1.